The number of carbonyl (C=O) groups excluding carboxylic acids is 2. The van der Waals surface area contributed by atoms with Gasteiger partial charge in [0.15, 0.2) is 17.5 Å². The van der Waals surface area contributed by atoms with Gasteiger partial charge in [0.2, 0.25) is 5.91 Å². The quantitative estimate of drug-likeness (QED) is 0.752. The van der Waals surface area contributed by atoms with E-state index in [1.165, 1.54) is 11.8 Å². The number of hydrogen-bond donors (Lipinski definition) is 1. The van der Waals surface area contributed by atoms with E-state index < -0.39 is 28.9 Å². The molecule has 0 heterocycles. The number of amides is 2. The second-order valence-electron chi connectivity index (χ2n) is 5.77. The summed E-state index contributed by atoms with van der Waals surface area (Å²) >= 11 is 0. The number of halogens is 3. The van der Waals surface area contributed by atoms with E-state index in [1.807, 2.05) is 12.1 Å². The maximum absolute atomic E-state index is 13.6. The van der Waals surface area contributed by atoms with Crippen molar-refractivity contribution in [2.24, 2.45) is 0 Å². The first kappa shape index (κ1) is 20.3. The highest BCUT2D eigenvalue weighted by molar-refractivity contribution is 5.94. The highest BCUT2D eigenvalue weighted by Crippen LogP contribution is 2.15. The van der Waals surface area contributed by atoms with E-state index in [4.69, 9.17) is 4.74 Å². The summed E-state index contributed by atoms with van der Waals surface area (Å²) in [5.74, 6) is -5.03. The monoisotopic (exact) mass is 380 g/mol. The van der Waals surface area contributed by atoms with Crippen molar-refractivity contribution in [1.29, 1.82) is 0 Å². The van der Waals surface area contributed by atoms with Crippen molar-refractivity contribution >= 4 is 11.8 Å². The van der Waals surface area contributed by atoms with Crippen molar-refractivity contribution in [2.45, 2.75) is 13.5 Å². The molecule has 0 aromatic heterocycles. The van der Waals surface area contributed by atoms with Crippen LogP contribution < -0.4 is 10.1 Å². The summed E-state index contributed by atoms with van der Waals surface area (Å²) in [4.78, 5) is 25.2. The molecule has 2 aromatic rings. The number of benzene rings is 2. The molecule has 0 bridgehead atoms. The van der Waals surface area contributed by atoms with Gasteiger partial charge < -0.3 is 15.0 Å². The lowest BCUT2D eigenvalue weighted by molar-refractivity contribution is -0.129. The molecule has 0 aliphatic rings. The van der Waals surface area contributed by atoms with Crippen molar-refractivity contribution in [2.75, 3.05) is 20.2 Å². The second kappa shape index (κ2) is 9.07. The van der Waals surface area contributed by atoms with E-state index in [-0.39, 0.29) is 19.0 Å². The number of ether oxygens (including phenoxy) is 1. The standard InChI is InChI=1S/C19H19F3N2O3/c1-12(25)24(11-13-3-5-14(27-2)6-4-13)10-9-23-19(26)15-7-8-16(20)18(22)17(15)21/h3-8H,9-11H2,1-2H3,(H,23,26). The smallest absolute Gasteiger partial charge is 0.254 e. The molecule has 0 spiro atoms. The highest BCUT2D eigenvalue weighted by Gasteiger charge is 2.19. The Hall–Kier alpha value is -3.03. The third-order valence-corrected chi connectivity index (χ3v) is 3.92. The summed E-state index contributed by atoms with van der Waals surface area (Å²) in [7, 11) is 1.55. The summed E-state index contributed by atoms with van der Waals surface area (Å²) in [5.41, 5.74) is 0.266. The van der Waals surface area contributed by atoms with Gasteiger partial charge in [0.05, 0.1) is 12.7 Å². The van der Waals surface area contributed by atoms with E-state index in [1.54, 1.807) is 19.2 Å². The maximum Gasteiger partial charge on any atom is 0.254 e. The molecule has 5 nitrogen and oxygen atoms in total. The lowest BCUT2D eigenvalue weighted by Crippen LogP contribution is -2.37. The minimum Gasteiger partial charge on any atom is -0.497 e. The van der Waals surface area contributed by atoms with Gasteiger partial charge in [0.1, 0.15) is 5.75 Å². The van der Waals surface area contributed by atoms with E-state index in [0.717, 1.165) is 11.6 Å². The lowest BCUT2D eigenvalue weighted by Gasteiger charge is -2.21. The van der Waals surface area contributed by atoms with Gasteiger partial charge in [0.25, 0.3) is 5.91 Å². The topological polar surface area (TPSA) is 58.6 Å². The van der Waals surface area contributed by atoms with Gasteiger partial charge in [-0.3, -0.25) is 9.59 Å². The molecule has 2 rings (SSSR count). The summed E-state index contributed by atoms with van der Waals surface area (Å²) in [6.45, 7) is 1.89. The van der Waals surface area contributed by atoms with E-state index in [9.17, 15) is 22.8 Å². The molecule has 1 N–H and O–H groups in total. The molecule has 0 radical (unpaired) electrons. The minimum atomic E-state index is -1.70. The lowest BCUT2D eigenvalue weighted by atomic mass is 10.2. The number of nitrogens with one attached hydrogen (secondary N) is 1. The Morgan fingerprint density at radius 2 is 1.70 bits per heavy atom. The first-order valence-corrected chi connectivity index (χ1v) is 8.13. The van der Waals surface area contributed by atoms with E-state index in [2.05, 4.69) is 5.32 Å². The number of rotatable bonds is 7. The van der Waals surface area contributed by atoms with Crippen LogP contribution in [0.4, 0.5) is 13.2 Å². The molecule has 2 aromatic carbocycles. The number of hydrogen-bond acceptors (Lipinski definition) is 3. The Balaban J connectivity index is 1.95. The van der Waals surface area contributed by atoms with Gasteiger partial charge in [0, 0.05) is 26.6 Å². The van der Waals surface area contributed by atoms with Gasteiger partial charge in [-0.1, -0.05) is 12.1 Å². The first-order chi connectivity index (χ1) is 12.8. The Morgan fingerprint density at radius 3 is 2.30 bits per heavy atom. The van der Waals surface area contributed by atoms with Crippen LogP contribution >= 0.6 is 0 Å². The predicted octanol–water partition coefficient (Wildman–Crippen LogP) is 2.89. The van der Waals surface area contributed by atoms with Gasteiger partial charge >= 0.3 is 0 Å². The summed E-state index contributed by atoms with van der Waals surface area (Å²) in [6.07, 6.45) is 0. The molecule has 2 amide bonds. The van der Waals surface area contributed by atoms with Crippen molar-refractivity contribution in [3.63, 3.8) is 0 Å². The first-order valence-electron chi connectivity index (χ1n) is 8.13. The van der Waals surface area contributed by atoms with Crippen LogP contribution in [-0.2, 0) is 11.3 Å². The molecule has 0 atom stereocenters. The van der Waals surface area contributed by atoms with Crippen LogP contribution in [0.2, 0.25) is 0 Å². The van der Waals surface area contributed by atoms with Crippen LogP contribution in [0, 0.1) is 17.5 Å². The highest BCUT2D eigenvalue weighted by atomic mass is 19.2. The van der Waals surface area contributed by atoms with Gasteiger partial charge in [-0.2, -0.15) is 0 Å². The predicted molar refractivity (Wildman–Crippen MR) is 92.7 cm³/mol. The van der Waals surface area contributed by atoms with Gasteiger partial charge in [-0.25, -0.2) is 13.2 Å². The normalized spacial score (nSPS) is 10.4. The van der Waals surface area contributed by atoms with Crippen LogP contribution in [0.25, 0.3) is 0 Å². The molecule has 0 fully saturated rings. The zero-order valence-electron chi connectivity index (χ0n) is 14.9. The minimum absolute atomic E-state index is 0.0208. The maximum atomic E-state index is 13.6. The van der Waals surface area contributed by atoms with Crippen LogP contribution in [-0.4, -0.2) is 36.9 Å². The number of methoxy groups -OCH3 is 1. The third kappa shape index (κ3) is 5.22. The SMILES string of the molecule is COc1ccc(CN(CCNC(=O)c2ccc(F)c(F)c2F)C(C)=O)cc1. The van der Waals surface area contributed by atoms with Crippen molar-refractivity contribution in [3.05, 3.63) is 65.0 Å². The average molecular weight is 380 g/mol. The molecule has 27 heavy (non-hydrogen) atoms. The van der Waals surface area contributed by atoms with Crippen LogP contribution in [0.1, 0.15) is 22.8 Å². The molecular weight excluding hydrogens is 361 g/mol. The molecule has 0 saturated heterocycles. The Morgan fingerprint density at radius 1 is 1.04 bits per heavy atom. The largest absolute Gasteiger partial charge is 0.497 e. The Labute approximate surface area is 154 Å². The van der Waals surface area contributed by atoms with E-state index >= 15 is 0 Å². The summed E-state index contributed by atoms with van der Waals surface area (Å²) in [5, 5.41) is 2.39. The molecule has 144 valence electrons. The van der Waals surface area contributed by atoms with Crippen LogP contribution in [0.15, 0.2) is 36.4 Å². The molecule has 0 saturated carbocycles. The van der Waals surface area contributed by atoms with Crippen molar-refractivity contribution in [3.8, 4) is 5.75 Å². The van der Waals surface area contributed by atoms with Crippen LogP contribution in [0.5, 0.6) is 5.75 Å². The summed E-state index contributed by atoms with van der Waals surface area (Å²) in [6, 6.07) is 8.69. The number of carbonyl (C=O) groups is 2. The van der Waals surface area contributed by atoms with Crippen molar-refractivity contribution < 1.29 is 27.5 Å². The Bertz CT molecular complexity index is 826. The van der Waals surface area contributed by atoms with Gasteiger partial charge in [-0.05, 0) is 29.8 Å². The second-order valence-corrected chi connectivity index (χ2v) is 5.77. The molecule has 0 aliphatic carbocycles. The molecular formula is C19H19F3N2O3. The average Bonchev–Trinajstić information content (AvgIpc) is 2.65. The molecule has 8 heteroatoms. The fourth-order valence-corrected chi connectivity index (χ4v) is 2.40. The van der Waals surface area contributed by atoms with Crippen molar-refractivity contribution in [1.82, 2.24) is 10.2 Å². The number of nitrogens with zero attached hydrogens (tertiary/aromatic N) is 1. The molecule has 0 unspecified atom stereocenters. The van der Waals surface area contributed by atoms with Crippen LogP contribution in [0.3, 0.4) is 0 Å². The van der Waals surface area contributed by atoms with Gasteiger partial charge in [-0.15, -0.1) is 0 Å². The fourth-order valence-electron chi connectivity index (χ4n) is 2.40. The van der Waals surface area contributed by atoms with E-state index in [0.29, 0.717) is 18.4 Å². The fraction of sp³-hybridized carbons (Fsp3) is 0.263. The third-order valence-electron chi connectivity index (χ3n) is 3.92. The zero-order valence-corrected chi connectivity index (χ0v) is 14.9. The summed E-state index contributed by atoms with van der Waals surface area (Å²) < 4.78 is 44.8. The Kier molecular flexibility index (Phi) is 6.81. The zero-order chi connectivity index (χ0) is 20.0. The molecule has 0 aliphatic heterocycles.